The summed E-state index contributed by atoms with van der Waals surface area (Å²) in [5.41, 5.74) is 1.79. The quantitative estimate of drug-likeness (QED) is 0.785. The molecular formula is C7H9N5OS. The Labute approximate surface area is 84.4 Å². The first-order valence-corrected chi connectivity index (χ1v) is 4.84. The number of anilines is 1. The zero-order valence-corrected chi connectivity index (χ0v) is 8.34. The number of hydrogen-bond acceptors (Lipinski definition) is 6. The van der Waals surface area contributed by atoms with Gasteiger partial charge in [-0.25, -0.2) is 5.10 Å². The van der Waals surface area contributed by atoms with Gasteiger partial charge >= 0.3 is 6.01 Å². The highest BCUT2D eigenvalue weighted by atomic mass is 32.1. The van der Waals surface area contributed by atoms with E-state index in [1.54, 1.807) is 16.8 Å². The van der Waals surface area contributed by atoms with Crippen molar-refractivity contribution in [2.75, 3.05) is 12.4 Å². The van der Waals surface area contributed by atoms with Crippen molar-refractivity contribution >= 4 is 17.3 Å². The highest BCUT2D eigenvalue weighted by molar-refractivity contribution is 7.09. The molecule has 0 radical (unpaired) electrons. The van der Waals surface area contributed by atoms with E-state index < -0.39 is 0 Å². The number of nitrogens with zero attached hydrogens (tertiary/aromatic N) is 3. The van der Waals surface area contributed by atoms with Gasteiger partial charge in [-0.1, -0.05) is 0 Å². The van der Waals surface area contributed by atoms with E-state index in [2.05, 4.69) is 25.5 Å². The summed E-state index contributed by atoms with van der Waals surface area (Å²) in [4.78, 5) is 9.12. The van der Waals surface area contributed by atoms with Gasteiger partial charge in [0.1, 0.15) is 0 Å². The number of aromatic amines is 1. The SMILES string of the molecule is COc1n[nH]c(NCc2cncs2)n1. The van der Waals surface area contributed by atoms with Crippen LogP contribution >= 0.6 is 11.3 Å². The molecule has 0 bridgehead atoms. The molecule has 2 aromatic rings. The smallest absolute Gasteiger partial charge is 0.336 e. The molecule has 2 N–H and O–H groups in total. The van der Waals surface area contributed by atoms with Crippen LogP contribution in [-0.4, -0.2) is 27.3 Å². The number of ether oxygens (including phenoxy) is 1. The Kier molecular flexibility index (Phi) is 2.59. The molecule has 2 heterocycles. The van der Waals surface area contributed by atoms with E-state index in [0.29, 0.717) is 18.5 Å². The van der Waals surface area contributed by atoms with E-state index in [0.717, 1.165) is 4.88 Å². The molecule has 0 atom stereocenters. The summed E-state index contributed by atoms with van der Waals surface area (Å²) in [5, 5.41) is 9.57. The van der Waals surface area contributed by atoms with Gasteiger partial charge in [0.25, 0.3) is 0 Å². The van der Waals surface area contributed by atoms with Gasteiger partial charge in [-0.05, 0) is 0 Å². The van der Waals surface area contributed by atoms with Crippen LogP contribution in [0.3, 0.4) is 0 Å². The molecule has 2 rings (SSSR count). The molecule has 0 aromatic carbocycles. The Morgan fingerprint density at radius 2 is 2.57 bits per heavy atom. The lowest BCUT2D eigenvalue weighted by atomic mass is 10.5. The molecule has 0 aliphatic rings. The largest absolute Gasteiger partial charge is 0.466 e. The van der Waals surface area contributed by atoms with Gasteiger partial charge in [0.15, 0.2) is 0 Å². The maximum atomic E-state index is 4.83. The van der Waals surface area contributed by atoms with E-state index in [9.17, 15) is 0 Å². The molecular weight excluding hydrogens is 202 g/mol. The summed E-state index contributed by atoms with van der Waals surface area (Å²) in [6.07, 6.45) is 1.81. The first-order chi connectivity index (χ1) is 6.88. The van der Waals surface area contributed by atoms with Crippen molar-refractivity contribution < 1.29 is 4.74 Å². The number of hydrogen-bond donors (Lipinski definition) is 2. The van der Waals surface area contributed by atoms with Crippen molar-refractivity contribution in [2.45, 2.75) is 6.54 Å². The minimum Gasteiger partial charge on any atom is -0.466 e. The minimum atomic E-state index is 0.330. The summed E-state index contributed by atoms with van der Waals surface area (Å²) in [7, 11) is 1.52. The number of nitrogens with one attached hydrogen (secondary N) is 2. The molecule has 2 aromatic heterocycles. The van der Waals surface area contributed by atoms with Crippen molar-refractivity contribution in [3.05, 3.63) is 16.6 Å². The van der Waals surface area contributed by atoms with Gasteiger partial charge in [-0.15, -0.1) is 16.4 Å². The second kappa shape index (κ2) is 4.05. The van der Waals surface area contributed by atoms with Crippen molar-refractivity contribution in [2.24, 2.45) is 0 Å². The molecule has 6 nitrogen and oxygen atoms in total. The van der Waals surface area contributed by atoms with Crippen LogP contribution in [0.1, 0.15) is 4.88 Å². The fraction of sp³-hybridized carbons (Fsp3) is 0.286. The van der Waals surface area contributed by atoms with Crippen LogP contribution in [0.4, 0.5) is 5.95 Å². The first-order valence-electron chi connectivity index (χ1n) is 3.96. The third-order valence-corrected chi connectivity index (χ3v) is 2.34. The second-order valence-electron chi connectivity index (χ2n) is 2.49. The number of rotatable bonds is 4. The van der Waals surface area contributed by atoms with Gasteiger partial charge in [0.2, 0.25) is 5.95 Å². The zero-order valence-electron chi connectivity index (χ0n) is 7.52. The van der Waals surface area contributed by atoms with E-state index in [4.69, 9.17) is 4.74 Å². The van der Waals surface area contributed by atoms with Gasteiger partial charge < -0.3 is 10.1 Å². The van der Waals surface area contributed by atoms with Crippen molar-refractivity contribution in [1.29, 1.82) is 0 Å². The third kappa shape index (κ3) is 1.99. The lowest BCUT2D eigenvalue weighted by Gasteiger charge is -1.96. The van der Waals surface area contributed by atoms with Crippen LogP contribution in [0.25, 0.3) is 0 Å². The molecule has 0 aliphatic carbocycles. The van der Waals surface area contributed by atoms with Gasteiger partial charge in [0.05, 0.1) is 19.2 Å². The topological polar surface area (TPSA) is 75.7 Å². The van der Waals surface area contributed by atoms with Crippen LogP contribution in [-0.2, 0) is 6.54 Å². The number of methoxy groups -OCH3 is 1. The predicted molar refractivity (Wildman–Crippen MR) is 52.4 cm³/mol. The Bertz CT molecular complexity index is 384. The Morgan fingerprint density at radius 3 is 3.21 bits per heavy atom. The fourth-order valence-corrected chi connectivity index (χ4v) is 1.45. The lowest BCUT2D eigenvalue weighted by Crippen LogP contribution is -1.99. The van der Waals surface area contributed by atoms with Crippen molar-refractivity contribution in [1.82, 2.24) is 20.2 Å². The molecule has 0 aliphatic heterocycles. The molecule has 0 amide bonds. The summed E-state index contributed by atoms with van der Waals surface area (Å²) < 4.78 is 4.83. The summed E-state index contributed by atoms with van der Waals surface area (Å²) in [6.45, 7) is 0.684. The van der Waals surface area contributed by atoms with Gasteiger partial charge in [-0.3, -0.25) is 4.98 Å². The Balaban J connectivity index is 1.92. The fourth-order valence-electron chi connectivity index (χ4n) is 0.917. The van der Waals surface area contributed by atoms with Gasteiger partial charge in [0, 0.05) is 11.1 Å². The molecule has 0 saturated carbocycles. The summed E-state index contributed by atoms with van der Waals surface area (Å²) >= 11 is 1.59. The zero-order chi connectivity index (χ0) is 9.80. The Hall–Kier alpha value is -1.63. The lowest BCUT2D eigenvalue weighted by molar-refractivity contribution is 0.382. The normalized spacial score (nSPS) is 10.1. The summed E-state index contributed by atoms with van der Waals surface area (Å²) in [6, 6.07) is 0.330. The maximum Gasteiger partial charge on any atom is 0.336 e. The molecule has 0 fully saturated rings. The van der Waals surface area contributed by atoms with Crippen LogP contribution in [0.2, 0.25) is 0 Å². The van der Waals surface area contributed by atoms with Crippen LogP contribution in [0.5, 0.6) is 6.01 Å². The average molecular weight is 211 g/mol. The van der Waals surface area contributed by atoms with Crippen LogP contribution < -0.4 is 10.1 Å². The third-order valence-electron chi connectivity index (χ3n) is 1.56. The maximum absolute atomic E-state index is 4.83. The first kappa shape index (κ1) is 8.95. The monoisotopic (exact) mass is 211 g/mol. The number of H-pyrrole nitrogens is 1. The summed E-state index contributed by atoms with van der Waals surface area (Å²) in [5.74, 6) is 0.593. The Morgan fingerprint density at radius 1 is 1.64 bits per heavy atom. The van der Waals surface area contributed by atoms with Crippen LogP contribution in [0, 0.1) is 0 Å². The van der Waals surface area contributed by atoms with Crippen molar-refractivity contribution in [3.63, 3.8) is 0 Å². The van der Waals surface area contributed by atoms with Crippen LogP contribution in [0.15, 0.2) is 11.7 Å². The van der Waals surface area contributed by atoms with E-state index >= 15 is 0 Å². The molecule has 14 heavy (non-hydrogen) atoms. The van der Waals surface area contributed by atoms with E-state index in [1.807, 2.05) is 6.20 Å². The molecule has 0 spiro atoms. The highest BCUT2D eigenvalue weighted by Crippen LogP contribution is 2.09. The van der Waals surface area contributed by atoms with E-state index in [1.165, 1.54) is 7.11 Å². The molecule has 0 unspecified atom stereocenters. The highest BCUT2D eigenvalue weighted by Gasteiger charge is 2.01. The number of aromatic nitrogens is 4. The average Bonchev–Trinajstić information content (AvgIpc) is 2.86. The molecule has 0 saturated heterocycles. The van der Waals surface area contributed by atoms with E-state index in [-0.39, 0.29) is 0 Å². The second-order valence-corrected chi connectivity index (χ2v) is 3.46. The van der Waals surface area contributed by atoms with Gasteiger partial charge in [-0.2, -0.15) is 4.98 Å². The molecule has 7 heteroatoms. The standard InChI is InChI=1S/C7H9N5OS/c1-13-7-10-6(11-12-7)9-3-5-2-8-4-14-5/h2,4H,3H2,1H3,(H2,9,10,11,12). The van der Waals surface area contributed by atoms with Crippen molar-refractivity contribution in [3.8, 4) is 6.01 Å². The minimum absolute atomic E-state index is 0.330. The predicted octanol–water partition coefficient (Wildman–Crippen LogP) is 0.882. The molecule has 74 valence electrons. The number of thiazole rings is 1.